The van der Waals surface area contributed by atoms with Gasteiger partial charge >= 0.3 is 13.1 Å². The molecule has 0 unspecified atom stereocenters. The van der Waals surface area contributed by atoms with Gasteiger partial charge in [0.25, 0.3) is 0 Å². The molecule has 0 radical (unpaired) electrons. The Labute approximate surface area is 128 Å². The molecule has 0 spiro atoms. The van der Waals surface area contributed by atoms with E-state index in [4.69, 9.17) is 20.9 Å². The lowest BCUT2D eigenvalue weighted by Crippen LogP contribution is -2.41. The molecule has 1 aliphatic rings. The third-order valence-corrected chi connectivity index (χ3v) is 4.26. The minimum atomic E-state index is -0.933. The summed E-state index contributed by atoms with van der Waals surface area (Å²) in [6, 6.07) is 2.56. The Hall–Kier alpha value is -1.11. The quantitative estimate of drug-likeness (QED) is 0.622. The fraction of sp³-hybridized carbons (Fsp3) is 0.500. The summed E-state index contributed by atoms with van der Waals surface area (Å²) in [5.74, 6) is -1.27. The van der Waals surface area contributed by atoms with E-state index in [-0.39, 0.29) is 16.0 Å². The molecule has 0 N–H and O–H groups in total. The lowest BCUT2D eigenvalue weighted by molar-refractivity contribution is 0.00578. The van der Waals surface area contributed by atoms with E-state index in [0.29, 0.717) is 0 Å². The Morgan fingerprint density at radius 1 is 1.24 bits per heavy atom. The summed E-state index contributed by atoms with van der Waals surface area (Å²) >= 11 is 5.85. The first-order valence-corrected chi connectivity index (χ1v) is 6.90. The Morgan fingerprint density at radius 2 is 1.76 bits per heavy atom. The predicted octanol–water partition coefficient (Wildman–Crippen LogP) is 2.56. The van der Waals surface area contributed by atoms with Gasteiger partial charge in [0.15, 0.2) is 0 Å². The molecule has 0 aromatic heterocycles. The second-order valence-electron chi connectivity index (χ2n) is 5.94. The number of carbonyl (C=O) groups excluding carboxylic acids is 1. The molecule has 1 saturated heterocycles. The number of esters is 1. The van der Waals surface area contributed by atoms with Gasteiger partial charge in [0, 0.05) is 5.46 Å². The number of halogens is 2. The van der Waals surface area contributed by atoms with Crippen LogP contribution in [0.25, 0.3) is 0 Å². The van der Waals surface area contributed by atoms with E-state index in [9.17, 15) is 9.18 Å². The van der Waals surface area contributed by atoms with Crippen molar-refractivity contribution in [3.63, 3.8) is 0 Å². The van der Waals surface area contributed by atoms with Crippen LogP contribution in [-0.4, -0.2) is 31.4 Å². The summed E-state index contributed by atoms with van der Waals surface area (Å²) in [4.78, 5) is 11.6. The zero-order valence-corrected chi connectivity index (χ0v) is 13.4. The molecular weight excluding hydrogens is 297 g/mol. The number of hydrogen-bond donors (Lipinski definition) is 0. The van der Waals surface area contributed by atoms with Crippen LogP contribution in [0.1, 0.15) is 38.1 Å². The number of hydrogen-bond acceptors (Lipinski definition) is 4. The monoisotopic (exact) mass is 314 g/mol. The van der Waals surface area contributed by atoms with Crippen molar-refractivity contribution in [1.82, 2.24) is 0 Å². The van der Waals surface area contributed by atoms with Crippen LogP contribution in [0.5, 0.6) is 0 Å². The van der Waals surface area contributed by atoms with Gasteiger partial charge in [-0.3, -0.25) is 0 Å². The molecule has 0 aliphatic carbocycles. The van der Waals surface area contributed by atoms with Crippen molar-refractivity contribution in [2.24, 2.45) is 0 Å². The third kappa shape index (κ3) is 2.80. The van der Waals surface area contributed by atoms with Crippen LogP contribution >= 0.6 is 11.6 Å². The van der Waals surface area contributed by atoms with Gasteiger partial charge in [-0.1, -0.05) is 11.6 Å². The van der Waals surface area contributed by atoms with Crippen molar-refractivity contribution in [2.45, 2.75) is 38.9 Å². The molecule has 1 aromatic carbocycles. The first kappa shape index (κ1) is 16.3. The summed E-state index contributed by atoms with van der Waals surface area (Å²) in [5.41, 5.74) is -0.995. The van der Waals surface area contributed by atoms with E-state index in [1.54, 1.807) is 0 Å². The van der Waals surface area contributed by atoms with Crippen molar-refractivity contribution in [2.75, 3.05) is 7.11 Å². The summed E-state index contributed by atoms with van der Waals surface area (Å²) in [6.07, 6.45) is 0. The van der Waals surface area contributed by atoms with Crippen molar-refractivity contribution in [1.29, 1.82) is 0 Å². The maximum absolute atomic E-state index is 14.3. The molecular formula is C14H17BClFO4. The highest BCUT2D eigenvalue weighted by Gasteiger charge is 2.52. The molecule has 1 heterocycles. The largest absolute Gasteiger partial charge is 0.497 e. The van der Waals surface area contributed by atoms with E-state index in [2.05, 4.69) is 4.74 Å². The van der Waals surface area contributed by atoms with Crippen LogP contribution in [0.15, 0.2) is 12.1 Å². The first-order valence-electron chi connectivity index (χ1n) is 6.52. The van der Waals surface area contributed by atoms with Gasteiger partial charge < -0.3 is 14.0 Å². The molecule has 1 aromatic rings. The van der Waals surface area contributed by atoms with E-state index in [1.807, 2.05) is 27.7 Å². The van der Waals surface area contributed by atoms with E-state index in [0.717, 1.165) is 0 Å². The van der Waals surface area contributed by atoms with Crippen LogP contribution in [0.3, 0.4) is 0 Å². The summed E-state index contributed by atoms with van der Waals surface area (Å²) in [7, 11) is 0.311. The molecule has 0 saturated carbocycles. The SMILES string of the molecule is COC(=O)c1cc(Cl)c(F)c(B2OC(C)(C)C(C)(C)O2)c1. The van der Waals surface area contributed by atoms with Gasteiger partial charge in [-0.05, 0) is 39.8 Å². The molecule has 0 amide bonds. The molecule has 2 rings (SSSR count). The number of benzene rings is 1. The fourth-order valence-corrected chi connectivity index (χ4v) is 2.21. The van der Waals surface area contributed by atoms with Crippen molar-refractivity contribution in [3.05, 3.63) is 28.5 Å². The summed E-state index contributed by atoms with van der Waals surface area (Å²) in [5, 5.41) is -0.178. The number of rotatable bonds is 2. The van der Waals surface area contributed by atoms with Crippen LogP contribution in [0.4, 0.5) is 4.39 Å². The molecule has 114 valence electrons. The van der Waals surface area contributed by atoms with Crippen molar-refractivity contribution in [3.8, 4) is 0 Å². The molecule has 1 aliphatic heterocycles. The van der Waals surface area contributed by atoms with Crippen LogP contribution in [0.2, 0.25) is 5.02 Å². The Balaban J connectivity index is 2.46. The lowest BCUT2D eigenvalue weighted by Gasteiger charge is -2.32. The van der Waals surface area contributed by atoms with E-state index in [1.165, 1.54) is 19.2 Å². The van der Waals surface area contributed by atoms with Crippen LogP contribution < -0.4 is 5.46 Å². The van der Waals surface area contributed by atoms with E-state index >= 15 is 0 Å². The minimum absolute atomic E-state index is 0.0848. The Morgan fingerprint density at radius 3 is 2.24 bits per heavy atom. The van der Waals surface area contributed by atoms with E-state index < -0.39 is 30.1 Å². The number of carbonyl (C=O) groups is 1. The fourth-order valence-electron chi connectivity index (χ4n) is 1.99. The average Bonchev–Trinajstić information content (AvgIpc) is 2.60. The van der Waals surface area contributed by atoms with Crippen molar-refractivity contribution < 1.29 is 23.2 Å². The van der Waals surface area contributed by atoms with Gasteiger partial charge in [0.1, 0.15) is 5.82 Å². The first-order chi connectivity index (χ1) is 9.59. The normalized spacial score (nSPS) is 19.7. The predicted molar refractivity (Wildman–Crippen MR) is 78.5 cm³/mol. The third-order valence-electron chi connectivity index (χ3n) is 3.98. The highest BCUT2D eigenvalue weighted by Crippen LogP contribution is 2.37. The highest BCUT2D eigenvalue weighted by atomic mass is 35.5. The standard InChI is InChI=1S/C14H17BClFO4/c1-13(2)14(3,4)21-15(20-13)9-6-8(12(18)19-5)7-10(16)11(9)17/h6-7H,1-5H3. The lowest BCUT2D eigenvalue weighted by atomic mass is 9.78. The Kier molecular flexibility index (Phi) is 4.08. The molecule has 0 bridgehead atoms. The van der Waals surface area contributed by atoms with Crippen molar-refractivity contribution >= 4 is 30.2 Å². The summed E-state index contributed by atoms with van der Waals surface area (Å²) < 4.78 is 30.5. The van der Waals surface area contributed by atoms with Gasteiger partial charge in [-0.25, -0.2) is 9.18 Å². The maximum atomic E-state index is 14.3. The number of ether oxygens (including phenoxy) is 1. The van der Waals surface area contributed by atoms with Crippen LogP contribution in [0, 0.1) is 5.82 Å². The minimum Gasteiger partial charge on any atom is -0.465 e. The molecule has 4 nitrogen and oxygen atoms in total. The molecule has 1 fully saturated rings. The maximum Gasteiger partial charge on any atom is 0.497 e. The molecule has 7 heteroatoms. The second kappa shape index (κ2) is 5.27. The highest BCUT2D eigenvalue weighted by molar-refractivity contribution is 6.62. The number of methoxy groups -OCH3 is 1. The van der Waals surface area contributed by atoms with Gasteiger partial charge in [0.2, 0.25) is 0 Å². The van der Waals surface area contributed by atoms with Gasteiger partial charge in [0.05, 0.1) is 28.9 Å². The van der Waals surface area contributed by atoms with Gasteiger partial charge in [-0.15, -0.1) is 0 Å². The van der Waals surface area contributed by atoms with Gasteiger partial charge in [-0.2, -0.15) is 0 Å². The second-order valence-corrected chi connectivity index (χ2v) is 6.35. The molecule has 21 heavy (non-hydrogen) atoms. The topological polar surface area (TPSA) is 44.8 Å². The summed E-state index contributed by atoms with van der Waals surface area (Å²) in [6.45, 7) is 7.43. The van der Waals surface area contributed by atoms with Crippen LogP contribution in [-0.2, 0) is 14.0 Å². The smallest absolute Gasteiger partial charge is 0.465 e. The zero-order valence-electron chi connectivity index (χ0n) is 12.6. The molecule has 0 atom stereocenters. The Bertz CT molecular complexity index is 573. The average molecular weight is 315 g/mol. The zero-order chi connectivity index (χ0) is 16.0.